The smallest absolute Gasteiger partial charge is 0.456 e. The Morgan fingerprint density at radius 3 is 1.52 bits per heavy atom. The van der Waals surface area contributed by atoms with Crippen LogP contribution in [0, 0.1) is 59.2 Å². The van der Waals surface area contributed by atoms with Crippen LogP contribution in [0.2, 0.25) is 0 Å². The van der Waals surface area contributed by atoms with Gasteiger partial charge in [0.1, 0.15) is 43.2 Å². The van der Waals surface area contributed by atoms with E-state index in [-0.39, 0.29) is 32.8 Å². The molecule has 8 atom stereocenters. The Balaban J connectivity index is -0.000000435. The van der Waals surface area contributed by atoms with E-state index in [4.69, 9.17) is 18.5 Å². The predicted molar refractivity (Wildman–Crippen MR) is 238 cm³/mol. The number of carbonyl (C=O) groups is 2. The summed E-state index contributed by atoms with van der Waals surface area (Å²) in [5, 5.41) is 31.6. The molecule has 1 fully saturated rings. The molecular weight excluding hydrogens is 873 g/mol. The number of rotatable bonds is 26. The quantitative estimate of drug-likeness (QED) is 0.0189. The molecule has 1 saturated carbocycles. The largest absolute Gasteiger partial charge is 0.472 e. The summed E-state index contributed by atoms with van der Waals surface area (Å²) in [7, 11) is -16.7. The Labute approximate surface area is 370 Å². The maximum Gasteiger partial charge on any atom is 0.472 e. The minimum absolute atomic E-state index is 0. The second-order valence-electron chi connectivity index (χ2n) is 13.0. The van der Waals surface area contributed by atoms with Crippen molar-refractivity contribution in [2.45, 2.75) is 146 Å². The maximum atomic E-state index is 13.0. The monoisotopic (exact) mass is 946 g/mol. The number of aliphatic hydroxyl groups excluding tert-OH is 3. The summed E-state index contributed by atoms with van der Waals surface area (Å²) < 4.78 is 64.4. The molecule has 0 saturated heterocycles. The van der Waals surface area contributed by atoms with Crippen LogP contribution in [0.3, 0.4) is 0 Å². The molecule has 0 aromatic heterocycles. The van der Waals surface area contributed by atoms with Crippen molar-refractivity contribution < 1.29 is 103 Å². The molecule has 19 nitrogen and oxygen atoms in total. The molecule has 60 heavy (non-hydrogen) atoms. The molecule has 0 bridgehead atoms. The molecule has 0 radical (unpaired) electrons. The Morgan fingerprint density at radius 2 is 1.03 bits per heavy atom. The van der Waals surface area contributed by atoms with Gasteiger partial charge < -0.3 is 49.3 Å². The highest BCUT2D eigenvalue weighted by Gasteiger charge is 2.56. The summed E-state index contributed by atoms with van der Waals surface area (Å²) in [5.41, 5.74) is 0. The summed E-state index contributed by atoms with van der Waals surface area (Å²) in [5.74, 6) is 21.5. The fourth-order valence-corrected chi connectivity index (χ4v) is 7.50. The molecule has 0 spiro atoms. The topological polar surface area (TPSA) is 303 Å². The zero-order chi connectivity index (χ0) is 44.3. The number of hydrogen-bond donors (Lipinski definition) is 8. The molecule has 356 valence electrons. The summed E-state index contributed by atoms with van der Waals surface area (Å²) in [6, 6.07) is 0. The average Bonchev–Trinajstić information content (AvgIpc) is 3.15. The van der Waals surface area contributed by atoms with Crippen molar-refractivity contribution in [3.8, 4) is 59.2 Å². The van der Waals surface area contributed by atoms with Gasteiger partial charge in [0, 0.05) is 25.2 Å². The normalized spacial score (nSPS) is 21.1. The second-order valence-corrected chi connectivity index (χ2v) is 16.8. The lowest BCUT2D eigenvalue weighted by Crippen LogP contribution is -2.65. The van der Waals surface area contributed by atoms with E-state index in [1.807, 2.05) is 5.92 Å². The van der Waals surface area contributed by atoms with Crippen molar-refractivity contribution in [2.75, 3.05) is 13.2 Å². The summed E-state index contributed by atoms with van der Waals surface area (Å²) >= 11 is 0. The first-order chi connectivity index (χ1) is 27.8. The highest BCUT2D eigenvalue weighted by molar-refractivity contribution is 7.59. The number of aliphatic hydroxyl groups is 3. The van der Waals surface area contributed by atoms with Gasteiger partial charge in [0.25, 0.3) is 0 Å². The van der Waals surface area contributed by atoms with Gasteiger partial charge in [-0.25, -0.2) is 18.5 Å². The van der Waals surface area contributed by atoms with E-state index < -0.39 is 91.3 Å². The molecule has 0 heterocycles. The van der Waals surface area contributed by atoms with Gasteiger partial charge in [-0.05, 0) is 60.7 Å². The lowest BCUT2D eigenvalue weighted by Gasteiger charge is -2.44. The Kier molecular flexibility index (Phi) is 29.8. The van der Waals surface area contributed by atoms with Gasteiger partial charge in [-0.2, -0.15) is 13.5 Å². The van der Waals surface area contributed by atoms with Crippen LogP contribution in [0.1, 0.15) is 117 Å². The fourth-order valence-electron chi connectivity index (χ4n) is 5.40. The molecule has 0 aromatic carbocycles. The minimum Gasteiger partial charge on any atom is -0.456 e. The molecule has 4 unspecified atom stereocenters. The van der Waals surface area contributed by atoms with Crippen molar-refractivity contribution >= 4 is 48.9 Å². The predicted octanol–water partition coefficient (Wildman–Crippen LogP) is 4.84. The zero-order valence-corrected chi connectivity index (χ0v) is 36.9. The highest BCUT2D eigenvalue weighted by Crippen LogP contribution is 2.51. The van der Waals surface area contributed by atoms with E-state index in [0.717, 1.165) is 25.7 Å². The van der Waals surface area contributed by atoms with Crippen LogP contribution in [0.4, 0.5) is 0 Å². The zero-order valence-electron chi connectivity index (χ0n) is 33.3. The van der Waals surface area contributed by atoms with Crippen LogP contribution in [0.5, 0.6) is 0 Å². The van der Waals surface area contributed by atoms with Crippen LogP contribution >= 0.6 is 37.0 Å². The third-order valence-corrected chi connectivity index (χ3v) is 10.1. The summed E-state index contributed by atoms with van der Waals surface area (Å²) in [4.78, 5) is 72.2. The molecule has 8 N–H and O–H groups in total. The van der Waals surface area contributed by atoms with E-state index in [1.165, 1.54) is 44.9 Å². The first-order valence-electron chi connectivity index (χ1n) is 18.8. The summed E-state index contributed by atoms with van der Waals surface area (Å²) in [6.07, 6.45) is -2.90. The SMILES string of the molecule is CC#CC#CC#CC#CC#CC(=O)OC[C@H](COP(=O)(O)OC1C(O)[C@H](O)[C@H](OP(=O)(O)O)C(OP(=O)(O)O)[C@@H]1O)OC(=O)CCCCCCCCCCCCCCC.S.[HH].[HH].[HH].[HH].[HH].[HH].[HH].[HH].[HH]. The molecule has 0 aliphatic heterocycles. The van der Waals surface area contributed by atoms with Gasteiger partial charge in [-0.1, -0.05) is 89.9 Å². The van der Waals surface area contributed by atoms with Crippen LogP contribution in [-0.4, -0.2) is 108 Å². The Bertz CT molecular complexity index is 1830. The van der Waals surface area contributed by atoms with E-state index in [0.29, 0.717) is 12.8 Å². The van der Waals surface area contributed by atoms with Crippen molar-refractivity contribution in [2.24, 2.45) is 0 Å². The van der Waals surface area contributed by atoms with Crippen molar-refractivity contribution in [1.82, 2.24) is 0 Å². The van der Waals surface area contributed by atoms with Crippen LogP contribution in [0.15, 0.2) is 0 Å². The molecule has 1 rings (SSSR count). The molecule has 0 amide bonds. The van der Waals surface area contributed by atoms with Gasteiger partial charge in [0.15, 0.2) is 6.10 Å². The van der Waals surface area contributed by atoms with Crippen LogP contribution in [-0.2, 0) is 50.9 Å². The highest BCUT2D eigenvalue weighted by atomic mass is 32.1. The lowest BCUT2D eigenvalue weighted by atomic mass is 9.85. The van der Waals surface area contributed by atoms with Gasteiger partial charge >= 0.3 is 35.4 Å². The van der Waals surface area contributed by atoms with Gasteiger partial charge in [-0.15, -0.1) is 0 Å². The lowest BCUT2D eigenvalue weighted by molar-refractivity contribution is -0.213. The third-order valence-electron chi connectivity index (χ3n) is 8.13. The number of esters is 2. The Hall–Kier alpha value is -2.70. The van der Waals surface area contributed by atoms with Gasteiger partial charge in [0.05, 0.1) is 6.61 Å². The number of phosphoric acid groups is 3. The number of carbonyl (C=O) groups excluding carboxylic acids is 2. The second kappa shape index (κ2) is 31.2. The molecule has 1 aliphatic carbocycles. The molecule has 23 heteroatoms. The molecule has 1 aliphatic rings. The molecule has 0 aromatic rings. The summed E-state index contributed by atoms with van der Waals surface area (Å²) in [6.45, 7) is 1.99. The van der Waals surface area contributed by atoms with Crippen LogP contribution in [0.25, 0.3) is 0 Å². The maximum absolute atomic E-state index is 13.0. The van der Waals surface area contributed by atoms with Crippen molar-refractivity contribution in [3.63, 3.8) is 0 Å². The fraction of sp³-hybridized carbons (Fsp3) is 0.676. The molecular formula is C37H73O19P3S. The van der Waals surface area contributed by atoms with E-state index in [9.17, 15) is 63.1 Å². The number of phosphoric ester groups is 3. The number of hydrogen-bond acceptors (Lipinski definition) is 14. The first-order valence-corrected chi connectivity index (χ1v) is 23.3. The van der Waals surface area contributed by atoms with Crippen molar-refractivity contribution in [3.05, 3.63) is 0 Å². The Morgan fingerprint density at radius 1 is 0.600 bits per heavy atom. The third kappa shape index (κ3) is 27.3. The van der Waals surface area contributed by atoms with E-state index >= 15 is 0 Å². The average molecular weight is 947 g/mol. The van der Waals surface area contributed by atoms with Crippen LogP contribution < -0.4 is 0 Å². The minimum atomic E-state index is -5.62. The first kappa shape index (κ1) is 57.3. The van der Waals surface area contributed by atoms with Gasteiger partial charge in [-0.3, -0.25) is 22.9 Å². The van der Waals surface area contributed by atoms with E-state index in [2.05, 4.69) is 69.3 Å². The van der Waals surface area contributed by atoms with E-state index in [1.54, 1.807) is 6.92 Å². The van der Waals surface area contributed by atoms with Crippen molar-refractivity contribution in [1.29, 1.82) is 0 Å². The standard InChI is InChI=1S/C37H53O19P3.H2S.9H2/c1-3-5-7-9-11-13-14-15-16-18-20-22-24-26-31(39)53-29(27-51-30(38)25-23-21-19-17-12-10-8-6-4-2)28-52-59(49,50)56-35-32(40)33(41)36(54-57(43,44)45)37(34(35)42)55-58(46,47)48;;;;;;;;;;/h29,32-37,40-42H,3,5,7,9,11,13-16,18,20,22,24,26-28H2,1-2H3,(H,49,50)(H2,43,44,45)(H2,46,47,48);1H2;9*1H/t29-,32?,33+,34-,35?,36+,37?;;;;;;;;;;/m1........../s1. The van der Waals surface area contributed by atoms with Gasteiger partial charge in [0.2, 0.25) is 0 Å². The number of unbranched alkanes of at least 4 members (excludes halogenated alkanes) is 12. The number of ether oxygens (including phenoxy) is 2.